The third kappa shape index (κ3) is 2.78. The van der Waals surface area contributed by atoms with Crippen LogP contribution in [0.2, 0.25) is 0 Å². The molecule has 0 spiro atoms. The number of carbonyl (C=O) groups excluding carboxylic acids is 1. The number of aryl methyl sites for hydroxylation is 1. The first-order valence-electron chi connectivity index (χ1n) is 6.66. The summed E-state index contributed by atoms with van der Waals surface area (Å²) < 4.78 is 5.37. The van der Waals surface area contributed by atoms with E-state index in [0.29, 0.717) is 11.3 Å². The van der Waals surface area contributed by atoms with Gasteiger partial charge in [-0.05, 0) is 36.5 Å². The molecule has 0 unspecified atom stereocenters. The van der Waals surface area contributed by atoms with Crippen LogP contribution in [0.5, 0.6) is 0 Å². The second-order valence-corrected chi connectivity index (χ2v) is 5.55. The van der Waals surface area contributed by atoms with Gasteiger partial charge in [0.2, 0.25) is 5.78 Å². The Morgan fingerprint density at radius 2 is 1.74 bits per heavy atom. The summed E-state index contributed by atoms with van der Waals surface area (Å²) in [5.74, 6) is 1.10. The van der Waals surface area contributed by atoms with Crippen molar-refractivity contribution in [2.45, 2.75) is 39.5 Å². The molecule has 0 fully saturated rings. The topological polar surface area (TPSA) is 30.2 Å². The van der Waals surface area contributed by atoms with Crippen LogP contribution in [0.15, 0.2) is 40.8 Å². The molecule has 0 aliphatic rings. The van der Waals surface area contributed by atoms with Crippen molar-refractivity contribution in [1.29, 1.82) is 0 Å². The maximum absolute atomic E-state index is 12.2. The summed E-state index contributed by atoms with van der Waals surface area (Å²) in [6, 6.07) is 11.4. The van der Waals surface area contributed by atoms with Crippen molar-refractivity contribution in [2.75, 3.05) is 0 Å². The fraction of sp³-hybridized carbons (Fsp3) is 0.353. The Morgan fingerprint density at radius 3 is 2.21 bits per heavy atom. The molecule has 1 aromatic heterocycles. The van der Waals surface area contributed by atoms with Crippen molar-refractivity contribution >= 4 is 5.78 Å². The van der Waals surface area contributed by atoms with Crippen LogP contribution in [0, 0.1) is 6.92 Å². The van der Waals surface area contributed by atoms with E-state index in [4.69, 9.17) is 4.42 Å². The molecule has 0 aliphatic carbocycles. The van der Waals surface area contributed by atoms with E-state index in [-0.39, 0.29) is 11.2 Å². The average molecular weight is 256 g/mol. The number of rotatable bonds is 4. The highest BCUT2D eigenvalue weighted by atomic mass is 16.3. The van der Waals surface area contributed by atoms with Crippen LogP contribution >= 0.6 is 0 Å². The third-order valence-corrected chi connectivity index (χ3v) is 3.78. The van der Waals surface area contributed by atoms with E-state index in [9.17, 15) is 4.79 Å². The van der Waals surface area contributed by atoms with Gasteiger partial charge in [-0.15, -0.1) is 0 Å². The lowest BCUT2D eigenvalue weighted by atomic mass is 9.82. The summed E-state index contributed by atoms with van der Waals surface area (Å²) in [5.41, 5.74) is 2.07. The smallest absolute Gasteiger partial charge is 0.228 e. The molecule has 1 heterocycles. The second-order valence-electron chi connectivity index (χ2n) is 5.55. The number of hydrogen-bond donors (Lipinski definition) is 0. The number of hydrogen-bond acceptors (Lipinski definition) is 2. The van der Waals surface area contributed by atoms with Crippen molar-refractivity contribution in [3.05, 3.63) is 59.0 Å². The summed E-state index contributed by atoms with van der Waals surface area (Å²) in [4.78, 5) is 12.2. The van der Waals surface area contributed by atoms with Crippen LogP contribution < -0.4 is 0 Å². The number of ketones is 1. The van der Waals surface area contributed by atoms with Crippen LogP contribution in [0.4, 0.5) is 0 Å². The van der Waals surface area contributed by atoms with Crippen molar-refractivity contribution in [1.82, 2.24) is 0 Å². The van der Waals surface area contributed by atoms with Gasteiger partial charge >= 0.3 is 0 Å². The molecule has 1 aromatic carbocycles. The monoisotopic (exact) mass is 256 g/mol. The van der Waals surface area contributed by atoms with E-state index in [1.54, 1.807) is 6.07 Å². The Balaban J connectivity index is 2.26. The first-order chi connectivity index (χ1) is 8.94. The molecule has 2 nitrogen and oxygen atoms in total. The normalized spacial score (nSPS) is 11.6. The van der Waals surface area contributed by atoms with Crippen LogP contribution in [0.3, 0.4) is 0 Å². The second kappa shape index (κ2) is 5.04. The lowest BCUT2D eigenvalue weighted by molar-refractivity contribution is 0.101. The van der Waals surface area contributed by atoms with Gasteiger partial charge in [0.1, 0.15) is 5.76 Å². The molecule has 0 aliphatic heterocycles. The van der Waals surface area contributed by atoms with Crippen LogP contribution in [-0.4, -0.2) is 5.78 Å². The Morgan fingerprint density at radius 1 is 1.11 bits per heavy atom. The lowest BCUT2D eigenvalue weighted by Gasteiger charge is -2.23. The fourth-order valence-electron chi connectivity index (χ4n) is 1.98. The molecule has 19 heavy (non-hydrogen) atoms. The molecule has 0 saturated heterocycles. The molecule has 0 bridgehead atoms. The van der Waals surface area contributed by atoms with Crippen molar-refractivity contribution < 1.29 is 9.21 Å². The van der Waals surface area contributed by atoms with Crippen molar-refractivity contribution in [2.24, 2.45) is 0 Å². The van der Waals surface area contributed by atoms with Gasteiger partial charge in [0.15, 0.2) is 5.76 Å². The van der Waals surface area contributed by atoms with Crippen LogP contribution in [-0.2, 0) is 5.41 Å². The molecule has 0 saturated carbocycles. The number of benzene rings is 1. The third-order valence-electron chi connectivity index (χ3n) is 3.78. The van der Waals surface area contributed by atoms with Crippen molar-refractivity contribution in [3.8, 4) is 0 Å². The fourth-order valence-corrected chi connectivity index (χ4v) is 1.98. The summed E-state index contributed by atoms with van der Waals surface area (Å²) in [7, 11) is 0. The van der Waals surface area contributed by atoms with Gasteiger partial charge in [0.25, 0.3) is 0 Å². The molecule has 0 radical (unpaired) electrons. The minimum Gasteiger partial charge on any atom is -0.458 e. The van der Waals surface area contributed by atoms with Gasteiger partial charge in [-0.3, -0.25) is 4.79 Å². The number of furan rings is 1. The molecule has 100 valence electrons. The molecule has 2 heteroatoms. The highest BCUT2D eigenvalue weighted by Gasteiger charge is 2.19. The maximum Gasteiger partial charge on any atom is 0.228 e. The summed E-state index contributed by atoms with van der Waals surface area (Å²) in [6.07, 6.45) is 1.07. The van der Waals surface area contributed by atoms with Crippen molar-refractivity contribution in [3.63, 3.8) is 0 Å². The van der Waals surface area contributed by atoms with Gasteiger partial charge in [0, 0.05) is 5.56 Å². The van der Waals surface area contributed by atoms with E-state index >= 15 is 0 Å². The van der Waals surface area contributed by atoms with Gasteiger partial charge in [0.05, 0.1) is 0 Å². The Hall–Kier alpha value is -1.83. The largest absolute Gasteiger partial charge is 0.458 e. The number of carbonyl (C=O) groups is 1. The summed E-state index contributed by atoms with van der Waals surface area (Å²) >= 11 is 0. The first kappa shape index (κ1) is 13.6. The SMILES string of the molecule is CCC(C)(C)c1ccc(C(=O)c2ccc(C)o2)cc1. The van der Waals surface area contributed by atoms with Crippen LogP contribution in [0.1, 0.15) is 54.6 Å². The Kier molecular flexibility index (Phi) is 3.61. The molecule has 0 amide bonds. The zero-order chi connectivity index (χ0) is 14.0. The van der Waals surface area contributed by atoms with E-state index in [2.05, 4.69) is 20.8 Å². The summed E-state index contributed by atoms with van der Waals surface area (Å²) in [6.45, 7) is 8.42. The van der Waals surface area contributed by atoms with Crippen LogP contribution in [0.25, 0.3) is 0 Å². The quantitative estimate of drug-likeness (QED) is 0.753. The zero-order valence-corrected chi connectivity index (χ0v) is 12.0. The molecule has 0 atom stereocenters. The molecule has 2 rings (SSSR count). The zero-order valence-electron chi connectivity index (χ0n) is 12.0. The van der Waals surface area contributed by atoms with Gasteiger partial charge in [-0.1, -0.05) is 45.0 Å². The predicted molar refractivity (Wildman–Crippen MR) is 76.6 cm³/mol. The van der Waals surface area contributed by atoms with E-state index in [1.807, 2.05) is 37.3 Å². The summed E-state index contributed by atoms with van der Waals surface area (Å²) in [5, 5.41) is 0. The molecule has 2 aromatic rings. The minimum atomic E-state index is -0.0612. The predicted octanol–water partition coefficient (Wildman–Crippen LogP) is 4.51. The highest BCUT2D eigenvalue weighted by molar-refractivity contribution is 6.07. The Bertz CT molecular complexity index is 574. The van der Waals surface area contributed by atoms with Gasteiger partial charge < -0.3 is 4.42 Å². The Labute approximate surface area is 114 Å². The highest BCUT2D eigenvalue weighted by Crippen LogP contribution is 2.27. The van der Waals surface area contributed by atoms with Gasteiger partial charge in [-0.2, -0.15) is 0 Å². The molecular weight excluding hydrogens is 236 g/mol. The average Bonchev–Trinajstić information content (AvgIpc) is 2.85. The van der Waals surface area contributed by atoms with E-state index in [1.165, 1.54) is 5.56 Å². The standard InChI is InChI=1S/C17H20O2/c1-5-17(3,4)14-9-7-13(8-10-14)16(18)15-11-6-12(2)19-15/h6-11H,5H2,1-4H3. The maximum atomic E-state index is 12.2. The molecule has 0 N–H and O–H groups in total. The van der Waals surface area contributed by atoms with E-state index in [0.717, 1.165) is 12.2 Å². The van der Waals surface area contributed by atoms with Gasteiger partial charge in [-0.25, -0.2) is 0 Å². The minimum absolute atomic E-state index is 0.0612. The molecular formula is C17H20O2. The lowest BCUT2D eigenvalue weighted by Crippen LogP contribution is -2.15. The van der Waals surface area contributed by atoms with E-state index < -0.39 is 0 Å². The first-order valence-corrected chi connectivity index (χ1v) is 6.66.